The van der Waals surface area contributed by atoms with Crippen molar-refractivity contribution < 1.29 is 62.2 Å². The Balaban J connectivity index is 1.72. The topological polar surface area (TPSA) is 257 Å². The predicted molar refractivity (Wildman–Crippen MR) is 106 cm³/mol. The molecule has 2 saturated heterocycles. The van der Waals surface area contributed by atoms with E-state index in [2.05, 4.69) is 9.29 Å². The molecule has 0 aliphatic carbocycles. The number of rotatable bonds is 8. The Morgan fingerprint density at radius 2 is 1.82 bits per heavy atom. The van der Waals surface area contributed by atoms with Gasteiger partial charge in [-0.3, -0.25) is 23.4 Å². The number of nitrogens with one attached hydrogen (secondary N) is 1. The van der Waals surface area contributed by atoms with E-state index < -0.39 is 83.1 Å². The largest absolute Gasteiger partial charge is 0.486 e. The monoisotopic (exact) mass is 534 g/mol. The van der Waals surface area contributed by atoms with Crippen LogP contribution in [-0.4, -0.2) is 89.8 Å². The van der Waals surface area contributed by atoms with E-state index in [1.165, 1.54) is 13.1 Å². The molecule has 2 aliphatic rings. The molecule has 1 aromatic rings. The molecule has 17 nitrogen and oxygen atoms in total. The highest BCUT2D eigenvalue weighted by Gasteiger charge is 2.47. The molecular weight excluding hydrogens is 510 g/mol. The van der Waals surface area contributed by atoms with Gasteiger partial charge in [0.2, 0.25) is 0 Å². The van der Waals surface area contributed by atoms with Crippen LogP contribution in [-0.2, 0) is 32.0 Å². The van der Waals surface area contributed by atoms with Crippen LogP contribution < -0.4 is 11.2 Å². The molecular formula is C15H24N2O15P2. The van der Waals surface area contributed by atoms with Gasteiger partial charge in [0.25, 0.3) is 5.56 Å². The summed E-state index contributed by atoms with van der Waals surface area (Å²) in [6.45, 7) is 0.0176. The average molecular weight is 534 g/mol. The lowest BCUT2D eigenvalue weighted by atomic mass is 10.1. The Bertz CT molecular complexity index is 1080. The molecule has 19 heteroatoms. The van der Waals surface area contributed by atoms with E-state index >= 15 is 0 Å². The van der Waals surface area contributed by atoms with Gasteiger partial charge in [-0.15, -0.1) is 0 Å². The molecule has 7 N–H and O–H groups in total. The van der Waals surface area contributed by atoms with Crippen molar-refractivity contribution in [1.82, 2.24) is 9.55 Å². The van der Waals surface area contributed by atoms with Gasteiger partial charge in [-0.25, -0.2) is 13.9 Å². The van der Waals surface area contributed by atoms with Gasteiger partial charge < -0.3 is 39.7 Å². The highest BCUT2D eigenvalue weighted by atomic mass is 31.3. The van der Waals surface area contributed by atoms with Crippen molar-refractivity contribution >= 4 is 15.6 Å². The maximum absolute atomic E-state index is 12.9. The first-order chi connectivity index (χ1) is 15.7. The van der Waals surface area contributed by atoms with Gasteiger partial charge in [-0.05, 0) is 6.92 Å². The number of aryl methyl sites for hydroxylation is 1. The van der Waals surface area contributed by atoms with E-state index in [0.29, 0.717) is 0 Å². The minimum absolute atomic E-state index is 0.168. The molecule has 3 heterocycles. The van der Waals surface area contributed by atoms with Crippen LogP contribution in [0.3, 0.4) is 0 Å². The molecule has 3 rings (SSSR count). The smallest absolute Gasteiger partial charge is 0.390 e. The number of aliphatic hydroxyl groups is 4. The molecule has 2 aliphatic heterocycles. The van der Waals surface area contributed by atoms with Crippen molar-refractivity contribution in [1.29, 1.82) is 0 Å². The molecule has 0 aromatic carbocycles. The second-order valence-electron chi connectivity index (χ2n) is 7.58. The van der Waals surface area contributed by atoms with Crippen LogP contribution in [0.5, 0.6) is 0 Å². The summed E-state index contributed by atoms with van der Waals surface area (Å²) in [5.41, 5.74) is -1.25. The first-order valence-corrected chi connectivity index (χ1v) is 12.7. The molecule has 0 spiro atoms. The minimum Gasteiger partial charge on any atom is -0.390 e. The van der Waals surface area contributed by atoms with Gasteiger partial charge >= 0.3 is 21.3 Å². The lowest BCUT2D eigenvalue weighted by Gasteiger charge is -2.35. The normalized spacial score (nSPS) is 34.1. The standard InChI is InChI=1S/C15H24N2O15P2/c1-6-3-17(15(23)16-13(6)22)10-2-7(18)9(30-10)5-29-34(27,32-33(24,25)26)31-14-12(21)11(20)8(19)4-28-14/h3,7-12,14,18-21H,2,4-5H2,1H3,(H,16,22,23)(H2,24,25,26)/t7?,8-,9-,10-,11-,12+,14+,34?/m1/s1. The zero-order chi connectivity index (χ0) is 25.4. The molecule has 2 unspecified atom stereocenters. The number of aliphatic hydroxyl groups excluding tert-OH is 4. The first kappa shape index (κ1) is 27.3. The SMILES string of the molecule is Cc1cn([C@H]2CC(O)[C@@H](COP(=O)(O[C@@H]3OC[C@@H](O)[C@@H](O)[C@@H]3O)OP(=O)(O)O)O2)c(=O)[nH]c1=O. The fraction of sp³-hybridized carbons (Fsp3) is 0.733. The zero-order valence-electron chi connectivity index (χ0n) is 17.4. The van der Waals surface area contributed by atoms with Crippen LogP contribution in [0.1, 0.15) is 18.2 Å². The number of hydrogen-bond acceptors (Lipinski definition) is 13. The lowest BCUT2D eigenvalue weighted by molar-refractivity contribution is -0.246. The molecule has 0 radical (unpaired) electrons. The lowest BCUT2D eigenvalue weighted by Crippen LogP contribution is -2.53. The van der Waals surface area contributed by atoms with Crippen molar-refractivity contribution in [3.63, 3.8) is 0 Å². The summed E-state index contributed by atoms with van der Waals surface area (Å²) in [6, 6.07) is 0. The molecule has 8 atom stereocenters. The molecule has 1 aromatic heterocycles. The number of phosphoric acid groups is 2. The second-order valence-corrected chi connectivity index (χ2v) is 10.6. The Labute approximate surface area is 190 Å². The summed E-state index contributed by atoms with van der Waals surface area (Å²) in [6.07, 6.45) is -9.94. The fourth-order valence-corrected chi connectivity index (χ4v) is 5.42. The van der Waals surface area contributed by atoms with Gasteiger partial charge in [0.05, 0.1) is 19.3 Å². The fourth-order valence-electron chi connectivity index (χ4n) is 3.20. The van der Waals surface area contributed by atoms with E-state index in [0.717, 1.165) is 4.57 Å². The Hall–Kier alpha value is -1.30. The molecule has 0 saturated carbocycles. The zero-order valence-corrected chi connectivity index (χ0v) is 19.2. The van der Waals surface area contributed by atoms with Gasteiger partial charge in [0.1, 0.15) is 30.6 Å². The average Bonchev–Trinajstić information content (AvgIpc) is 3.09. The van der Waals surface area contributed by atoms with Crippen molar-refractivity contribution in [3.05, 3.63) is 32.6 Å². The third-order valence-electron chi connectivity index (χ3n) is 4.95. The summed E-state index contributed by atoms with van der Waals surface area (Å²) in [5.74, 6) is 0. The van der Waals surface area contributed by atoms with Crippen molar-refractivity contribution in [2.24, 2.45) is 0 Å². The van der Waals surface area contributed by atoms with Crippen LogP contribution in [0, 0.1) is 6.92 Å². The van der Waals surface area contributed by atoms with E-state index in [4.69, 9.17) is 28.3 Å². The highest BCUT2D eigenvalue weighted by molar-refractivity contribution is 7.61. The highest BCUT2D eigenvalue weighted by Crippen LogP contribution is 2.62. The number of ether oxygens (including phenoxy) is 2. The van der Waals surface area contributed by atoms with Crippen molar-refractivity contribution in [2.75, 3.05) is 13.2 Å². The quantitative estimate of drug-likeness (QED) is 0.166. The number of H-pyrrole nitrogens is 1. The van der Waals surface area contributed by atoms with E-state index in [1.807, 2.05) is 0 Å². The van der Waals surface area contributed by atoms with Gasteiger partial charge in [-0.2, -0.15) is 4.31 Å². The number of phosphoric ester groups is 1. The van der Waals surface area contributed by atoms with Gasteiger partial charge in [0, 0.05) is 18.2 Å². The first-order valence-electron chi connectivity index (χ1n) is 9.70. The van der Waals surface area contributed by atoms with Gasteiger partial charge in [0.15, 0.2) is 6.29 Å². The predicted octanol–water partition coefficient (Wildman–Crippen LogP) is -2.82. The van der Waals surface area contributed by atoms with Crippen LogP contribution in [0.4, 0.5) is 0 Å². The third-order valence-corrected chi connectivity index (χ3v) is 7.53. The summed E-state index contributed by atoms with van der Waals surface area (Å²) in [5, 5.41) is 39.3. The number of nitrogens with zero attached hydrogens (tertiary/aromatic N) is 1. The molecule has 0 amide bonds. The third kappa shape index (κ3) is 6.47. The van der Waals surface area contributed by atoms with Crippen molar-refractivity contribution in [3.8, 4) is 0 Å². The summed E-state index contributed by atoms with van der Waals surface area (Å²) in [4.78, 5) is 43.8. The second kappa shape index (κ2) is 10.4. The Morgan fingerprint density at radius 1 is 1.15 bits per heavy atom. The summed E-state index contributed by atoms with van der Waals surface area (Å²) >= 11 is 0. The van der Waals surface area contributed by atoms with Crippen LogP contribution in [0.2, 0.25) is 0 Å². The maximum Gasteiger partial charge on any atom is 0.486 e. The van der Waals surface area contributed by atoms with Gasteiger partial charge in [-0.1, -0.05) is 0 Å². The van der Waals surface area contributed by atoms with E-state index in [1.54, 1.807) is 0 Å². The molecule has 2 fully saturated rings. The maximum atomic E-state index is 12.9. The summed E-state index contributed by atoms with van der Waals surface area (Å²) < 4.78 is 49.3. The molecule has 194 valence electrons. The molecule has 0 bridgehead atoms. The summed E-state index contributed by atoms with van der Waals surface area (Å²) in [7, 11) is -10.7. The van der Waals surface area contributed by atoms with E-state index in [-0.39, 0.29) is 12.0 Å². The van der Waals surface area contributed by atoms with Crippen LogP contribution in [0.25, 0.3) is 0 Å². The number of aromatic amines is 1. The molecule has 34 heavy (non-hydrogen) atoms. The Kier molecular flexibility index (Phi) is 8.32. The minimum atomic E-state index is -5.50. The number of aromatic nitrogens is 2. The van der Waals surface area contributed by atoms with E-state index in [9.17, 15) is 39.1 Å². The van der Waals surface area contributed by atoms with Crippen LogP contribution in [0.15, 0.2) is 15.8 Å². The van der Waals surface area contributed by atoms with Crippen LogP contribution >= 0.6 is 15.6 Å². The Morgan fingerprint density at radius 3 is 2.47 bits per heavy atom. The van der Waals surface area contributed by atoms with Crippen molar-refractivity contribution in [2.45, 2.75) is 56.4 Å². The number of hydrogen-bond donors (Lipinski definition) is 7.